The van der Waals surface area contributed by atoms with Gasteiger partial charge in [-0.3, -0.25) is 0 Å². The van der Waals surface area contributed by atoms with Crippen molar-refractivity contribution in [3.8, 4) is 5.75 Å². The normalized spacial score (nSPS) is 10.3. The molecule has 0 fully saturated rings. The van der Waals surface area contributed by atoms with E-state index in [1.54, 1.807) is 6.07 Å². The fourth-order valence-corrected chi connectivity index (χ4v) is 1.86. The molecule has 0 saturated carbocycles. The highest BCUT2D eigenvalue weighted by molar-refractivity contribution is 6.05. The third-order valence-electron chi connectivity index (χ3n) is 2.70. The molecule has 2 heteroatoms. The van der Waals surface area contributed by atoms with Crippen LogP contribution in [0.1, 0.15) is 19.4 Å². The summed E-state index contributed by atoms with van der Waals surface area (Å²) < 4.78 is 5.68. The van der Waals surface area contributed by atoms with Crippen molar-refractivity contribution in [2.24, 2.45) is 0 Å². The van der Waals surface area contributed by atoms with Crippen molar-refractivity contribution < 1.29 is 9.52 Å². The van der Waals surface area contributed by atoms with E-state index in [4.69, 9.17) is 4.42 Å². The van der Waals surface area contributed by atoms with E-state index in [0.29, 0.717) is 5.75 Å². The van der Waals surface area contributed by atoms with Gasteiger partial charge in [-0.2, -0.15) is 0 Å². The number of fused-ring (bicyclic) bond motifs is 3. The lowest BCUT2D eigenvalue weighted by Gasteiger charge is -1.96. The van der Waals surface area contributed by atoms with Crippen molar-refractivity contribution in [2.45, 2.75) is 20.8 Å². The first-order chi connectivity index (χ1) is 8.25. The van der Waals surface area contributed by atoms with Gasteiger partial charge in [0.2, 0.25) is 0 Å². The van der Waals surface area contributed by atoms with E-state index in [2.05, 4.69) is 0 Å². The van der Waals surface area contributed by atoms with Crippen LogP contribution in [-0.2, 0) is 0 Å². The van der Waals surface area contributed by atoms with Crippen molar-refractivity contribution in [3.05, 3.63) is 42.0 Å². The van der Waals surface area contributed by atoms with Crippen molar-refractivity contribution in [2.75, 3.05) is 0 Å². The fourth-order valence-electron chi connectivity index (χ4n) is 1.86. The largest absolute Gasteiger partial charge is 0.508 e. The summed E-state index contributed by atoms with van der Waals surface area (Å²) in [4.78, 5) is 0. The number of phenolic OH excluding ortho intramolecular Hbond substituents is 1. The van der Waals surface area contributed by atoms with Gasteiger partial charge in [0.15, 0.2) is 0 Å². The smallest absolute Gasteiger partial charge is 0.135 e. The molecular weight excluding hydrogens is 212 g/mol. The van der Waals surface area contributed by atoms with Crippen molar-refractivity contribution >= 4 is 21.9 Å². The highest BCUT2D eigenvalue weighted by Crippen LogP contribution is 2.32. The number of furan rings is 1. The lowest BCUT2D eigenvalue weighted by atomic mass is 10.1. The average molecular weight is 228 g/mol. The molecule has 17 heavy (non-hydrogen) atoms. The molecule has 2 aromatic carbocycles. The molecule has 0 bridgehead atoms. The number of hydrogen-bond acceptors (Lipinski definition) is 2. The number of para-hydroxylation sites is 1. The van der Waals surface area contributed by atoms with Gasteiger partial charge in [-0.25, -0.2) is 0 Å². The van der Waals surface area contributed by atoms with Gasteiger partial charge in [0.05, 0.1) is 0 Å². The average Bonchev–Trinajstić information content (AvgIpc) is 2.70. The molecular formula is C15H16O2. The van der Waals surface area contributed by atoms with Crippen LogP contribution in [0.2, 0.25) is 0 Å². The quantitative estimate of drug-likeness (QED) is 0.608. The van der Waals surface area contributed by atoms with E-state index in [9.17, 15) is 5.11 Å². The Morgan fingerprint density at radius 1 is 0.941 bits per heavy atom. The summed E-state index contributed by atoms with van der Waals surface area (Å²) in [5.74, 6) is 0.314. The summed E-state index contributed by atoms with van der Waals surface area (Å²) in [5.41, 5.74) is 2.52. The standard InChI is InChI=1S/C13H10O2.C2H6/c1-8-6-13-10(7-11(8)14)9-4-2-3-5-12(9)15-13;1-2/h2-7,14H,1H3;1-2H3. The number of phenols is 1. The predicted molar refractivity (Wildman–Crippen MR) is 71.5 cm³/mol. The Bertz CT molecular complexity index is 650. The Morgan fingerprint density at radius 2 is 1.65 bits per heavy atom. The molecule has 0 unspecified atom stereocenters. The molecule has 1 N–H and O–H groups in total. The molecule has 1 aromatic heterocycles. The van der Waals surface area contributed by atoms with E-state index in [1.807, 2.05) is 51.1 Å². The zero-order chi connectivity index (χ0) is 12.4. The second-order valence-corrected chi connectivity index (χ2v) is 3.73. The zero-order valence-electron chi connectivity index (χ0n) is 10.3. The second kappa shape index (κ2) is 4.50. The summed E-state index contributed by atoms with van der Waals surface area (Å²) in [6.07, 6.45) is 0. The molecule has 88 valence electrons. The van der Waals surface area contributed by atoms with E-state index >= 15 is 0 Å². The minimum absolute atomic E-state index is 0.314. The van der Waals surface area contributed by atoms with E-state index in [-0.39, 0.29) is 0 Å². The van der Waals surface area contributed by atoms with Crippen LogP contribution < -0.4 is 0 Å². The minimum atomic E-state index is 0.314. The minimum Gasteiger partial charge on any atom is -0.508 e. The van der Waals surface area contributed by atoms with Crippen molar-refractivity contribution in [1.29, 1.82) is 0 Å². The lowest BCUT2D eigenvalue weighted by Crippen LogP contribution is -1.73. The maximum atomic E-state index is 9.65. The van der Waals surface area contributed by atoms with E-state index < -0.39 is 0 Å². The van der Waals surface area contributed by atoms with E-state index in [0.717, 1.165) is 27.5 Å². The van der Waals surface area contributed by atoms with E-state index in [1.165, 1.54) is 0 Å². The lowest BCUT2D eigenvalue weighted by molar-refractivity contribution is 0.471. The van der Waals surface area contributed by atoms with Crippen LogP contribution in [-0.4, -0.2) is 5.11 Å². The molecule has 0 aliphatic carbocycles. The Hall–Kier alpha value is -1.96. The number of aryl methyl sites for hydroxylation is 1. The molecule has 1 heterocycles. The molecule has 3 rings (SSSR count). The molecule has 0 atom stereocenters. The number of hydrogen-bond donors (Lipinski definition) is 1. The third-order valence-corrected chi connectivity index (χ3v) is 2.70. The third kappa shape index (κ3) is 1.86. The molecule has 3 aromatic rings. The van der Waals surface area contributed by atoms with Crippen LogP contribution in [0.4, 0.5) is 0 Å². The second-order valence-electron chi connectivity index (χ2n) is 3.73. The first-order valence-corrected chi connectivity index (χ1v) is 5.86. The van der Waals surface area contributed by atoms with Gasteiger partial charge >= 0.3 is 0 Å². The van der Waals surface area contributed by atoms with Crippen LogP contribution >= 0.6 is 0 Å². The monoisotopic (exact) mass is 228 g/mol. The highest BCUT2D eigenvalue weighted by atomic mass is 16.3. The maximum Gasteiger partial charge on any atom is 0.135 e. The van der Waals surface area contributed by atoms with Crippen molar-refractivity contribution in [1.82, 2.24) is 0 Å². The van der Waals surface area contributed by atoms with Gasteiger partial charge in [-0.15, -0.1) is 0 Å². The fraction of sp³-hybridized carbons (Fsp3) is 0.200. The van der Waals surface area contributed by atoms with Crippen LogP contribution in [0.3, 0.4) is 0 Å². The van der Waals surface area contributed by atoms with Gasteiger partial charge in [0.1, 0.15) is 16.9 Å². The summed E-state index contributed by atoms with van der Waals surface area (Å²) in [6.45, 7) is 5.86. The Kier molecular flexibility index (Phi) is 3.05. The van der Waals surface area contributed by atoms with Crippen molar-refractivity contribution in [3.63, 3.8) is 0 Å². The summed E-state index contributed by atoms with van der Waals surface area (Å²) >= 11 is 0. The Labute approximate surface area is 100 Å². The SMILES string of the molecule is CC.Cc1cc2oc3ccccc3c2cc1O. The first-order valence-electron chi connectivity index (χ1n) is 5.86. The van der Waals surface area contributed by atoms with Crippen LogP contribution in [0.5, 0.6) is 5.75 Å². The summed E-state index contributed by atoms with van der Waals surface area (Å²) in [6, 6.07) is 11.5. The molecule has 0 aliphatic rings. The molecule has 0 spiro atoms. The first kappa shape index (κ1) is 11.5. The number of benzene rings is 2. The highest BCUT2D eigenvalue weighted by Gasteiger charge is 2.08. The maximum absolute atomic E-state index is 9.65. The summed E-state index contributed by atoms with van der Waals surface area (Å²) in [7, 11) is 0. The zero-order valence-corrected chi connectivity index (χ0v) is 10.3. The molecule has 0 radical (unpaired) electrons. The molecule has 2 nitrogen and oxygen atoms in total. The van der Waals surface area contributed by atoms with Crippen LogP contribution in [0, 0.1) is 6.92 Å². The van der Waals surface area contributed by atoms with Crippen LogP contribution in [0.15, 0.2) is 40.8 Å². The van der Waals surface area contributed by atoms with Gasteiger partial charge in [-0.1, -0.05) is 32.0 Å². The number of aromatic hydroxyl groups is 1. The van der Waals surface area contributed by atoms with Gasteiger partial charge < -0.3 is 9.52 Å². The van der Waals surface area contributed by atoms with Gasteiger partial charge in [-0.05, 0) is 30.7 Å². The Balaban J connectivity index is 0.000000514. The molecule has 0 aliphatic heterocycles. The summed E-state index contributed by atoms with van der Waals surface area (Å²) in [5, 5.41) is 11.7. The van der Waals surface area contributed by atoms with Gasteiger partial charge in [0.25, 0.3) is 0 Å². The predicted octanol–water partition coefficient (Wildman–Crippen LogP) is 4.63. The topological polar surface area (TPSA) is 33.4 Å². The van der Waals surface area contributed by atoms with Crippen LogP contribution in [0.25, 0.3) is 21.9 Å². The van der Waals surface area contributed by atoms with Gasteiger partial charge in [0, 0.05) is 10.8 Å². The molecule has 0 amide bonds. The number of rotatable bonds is 0. The molecule has 0 saturated heterocycles. The Morgan fingerprint density at radius 3 is 2.41 bits per heavy atom.